The summed E-state index contributed by atoms with van der Waals surface area (Å²) in [4.78, 5) is 0. The van der Waals surface area contributed by atoms with Crippen molar-refractivity contribution in [3.05, 3.63) is 0 Å². The third-order valence-electron chi connectivity index (χ3n) is 5.00. The molecule has 1 saturated carbocycles. The predicted octanol–water partition coefficient (Wildman–Crippen LogP) is 6.68. The Bertz CT molecular complexity index is 532. The van der Waals surface area contributed by atoms with Crippen molar-refractivity contribution in [2.24, 2.45) is 0 Å². The van der Waals surface area contributed by atoms with E-state index in [1.807, 2.05) is 38.4 Å². The molecule has 0 bridgehead atoms. The van der Waals surface area contributed by atoms with Crippen molar-refractivity contribution in [1.82, 2.24) is 4.67 Å². The zero-order valence-electron chi connectivity index (χ0n) is 16.9. The summed E-state index contributed by atoms with van der Waals surface area (Å²) < 4.78 is 55.1. The highest BCUT2D eigenvalue weighted by Crippen LogP contribution is 2.64. The molecule has 2 aliphatic rings. The molecular formula is C18H30F3N2O2PS2. The molecule has 1 aliphatic heterocycles. The van der Waals surface area contributed by atoms with E-state index in [0.29, 0.717) is 0 Å². The Morgan fingerprint density at radius 2 is 1.79 bits per heavy atom. The summed E-state index contributed by atoms with van der Waals surface area (Å²) in [5, 5.41) is 7.28. The van der Waals surface area contributed by atoms with Gasteiger partial charge in [-0.15, -0.1) is 0 Å². The summed E-state index contributed by atoms with van der Waals surface area (Å²) in [5.74, 6) is 0. The Morgan fingerprint density at radius 1 is 1.18 bits per heavy atom. The molecule has 2 fully saturated rings. The zero-order chi connectivity index (χ0) is 20.9. The second-order valence-corrected chi connectivity index (χ2v) is 12.0. The Morgan fingerprint density at radius 3 is 2.29 bits per heavy atom. The monoisotopic (exact) mass is 458 g/mol. The van der Waals surface area contributed by atoms with Crippen LogP contribution in [0.3, 0.4) is 0 Å². The van der Waals surface area contributed by atoms with Crippen LogP contribution in [-0.2, 0) is 9.05 Å². The molecule has 4 nitrogen and oxygen atoms in total. The SMILES string of the molecule is CC(C)N(C(C)C)P(OCCC#N)OC1C(C(F)(F)F)SSC12CCCCC2. The summed E-state index contributed by atoms with van der Waals surface area (Å²) in [5.41, 5.74) is 0. The van der Waals surface area contributed by atoms with Crippen molar-refractivity contribution in [3.8, 4) is 6.07 Å². The third-order valence-corrected chi connectivity index (χ3v) is 10.8. The van der Waals surface area contributed by atoms with E-state index in [0.717, 1.165) is 42.9 Å². The van der Waals surface area contributed by atoms with Gasteiger partial charge in [0.2, 0.25) is 0 Å². The smallest absolute Gasteiger partial charge is 0.321 e. The van der Waals surface area contributed by atoms with E-state index < -0.39 is 30.8 Å². The number of nitrogens with zero attached hydrogens (tertiary/aromatic N) is 2. The van der Waals surface area contributed by atoms with Crippen LogP contribution >= 0.6 is 30.1 Å². The molecule has 0 radical (unpaired) electrons. The number of rotatable bonds is 8. The fourth-order valence-corrected chi connectivity index (χ4v) is 9.73. The van der Waals surface area contributed by atoms with Gasteiger partial charge in [0, 0.05) is 12.1 Å². The van der Waals surface area contributed by atoms with Gasteiger partial charge in [-0.1, -0.05) is 40.9 Å². The number of halogens is 3. The lowest BCUT2D eigenvalue weighted by molar-refractivity contribution is -0.147. The summed E-state index contributed by atoms with van der Waals surface area (Å²) in [6.45, 7) is 8.11. The lowest BCUT2D eigenvalue weighted by Gasteiger charge is -2.43. The van der Waals surface area contributed by atoms with Gasteiger partial charge in [0.05, 0.1) is 23.8 Å². The van der Waals surface area contributed by atoms with E-state index in [4.69, 9.17) is 14.3 Å². The minimum atomic E-state index is -4.32. The average molecular weight is 459 g/mol. The Balaban J connectivity index is 2.31. The molecule has 3 atom stereocenters. The first-order valence-electron chi connectivity index (χ1n) is 9.78. The minimum absolute atomic E-state index is 0.0570. The maximum absolute atomic E-state index is 13.8. The number of hydrogen-bond donors (Lipinski definition) is 0. The fourth-order valence-electron chi connectivity index (χ4n) is 3.81. The Labute approximate surface area is 175 Å². The summed E-state index contributed by atoms with van der Waals surface area (Å²) in [7, 11) is 0.581. The van der Waals surface area contributed by atoms with Crippen LogP contribution in [0.4, 0.5) is 13.2 Å². The van der Waals surface area contributed by atoms with Gasteiger partial charge >= 0.3 is 6.18 Å². The van der Waals surface area contributed by atoms with Gasteiger partial charge in [0.15, 0.2) is 0 Å². The largest absolute Gasteiger partial charge is 0.403 e. The van der Waals surface area contributed by atoms with Crippen molar-refractivity contribution in [1.29, 1.82) is 5.26 Å². The standard InChI is InChI=1S/C18H30F3N2O2PS2/c1-13(2)23(14(3)4)26(24-12-8-11-22)25-15-16(18(19,20)21)27-28-17(15)9-6-5-7-10-17/h13-16H,5-10,12H2,1-4H3. The molecule has 10 heteroatoms. The first-order valence-corrected chi connectivity index (χ1v) is 13.1. The second-order valence-electron chi connectivity index (χ2n) is 7.84. The molecule has 0 aromatic rings. The Kier molecular flexibility index (Phi) is 9.25. The van der Waals surface area contributed by atoms with Gasteiger partial charge in [-0.3, -0.25) is 0 Å². The molecule has 0 aromatic carbocycles. The van der Waals surface area contributed by atoms with Gasteiger partial charge < -0.3 is 9.05 Å². The molecule has 1 aliphatic carbocycles. The molecule has 1 heterocycles. The van der Waals surface area contributed by atoms with E-state index in [2.05, 4.69) is 0 Å². The van der Waals surface area contributed by atoms with Gasteiger partial charge in [-0.25, -0.2) is 4.67 Å². The molecule has 1 spiro atoms. The molecule has 0 N–H and O–H groups in total. The van der Waals surface area contributed by atoms with E-state index >= 15 is 0 Å². The van der Waals surface area contributed by atoms with Crippen LogP contribution in [0.1, 0.15) is 66.2 Å². The number of nitriles is 1. The van der Waals surface area contributed by atoms with Crippen LogP contribution in [0.5, 0.6) is 0 Å². The maximum atomic E-state index is 13.8. The van der Waals surface area contributed by atoms with Crippen LogP contribution < -0.4 is 0 Å². The van der Waals surface area contributed by atoms with Crippen LogP contribution in [0.15, 0.2) is 0 Å². The highest BCUT2D eigenvalue weighted by atomic mass is 33.1. The predicted molar refractivity (Wildman–Crippen MR) is 111 cm³/mol. The normalized spacial score (nSPS) is 26.3. The van der Waals surface area contributed by atoms with E-state index in [1.54, 1.807) is 0 Å². The molecule has 1 saturated heterocycles. The van der Waals surface area contributed by atoms with E-state index in [-0.39, 0.29) is 25.1 Å². The van der Waals surface area contributed by atoms with E-state index in [1.165, 1.54) is 10.8 Å². The van der Waals surface area contributed by atoms with Crippen molar-refractivity contribution >= 4 is 30.1 Å². The van der Waals surface area contributed by atoms with Gasteiger partial charge in [0.25, 0.3) is 8.53 Å². The van der Waals surface area contributed by atoms with Crippen LogP contribution in [0.25, 0.3) is 0 Å². The second kappa shape index (κ2) is 10.5. The van der Waals surface area contributed by atoms with E-state index in [9.17, 15) is 13.2 Å². The summed E-state index contributed by atoms with van der Waals surface area (Å²) in [6, 6.07) is 2.14. The molecule has 28 heavy (non-hydrogen) atoms. The van der Waals surface area contributed by atoms with Gasteiger partial charge in [-0.05, 0) is 40.5 Å². The quantitative estimate of drug-likeness (QED) is 0.230. The molecule has 2 rings (SSSR count). The number of hydrogen-bond acceptors (Lipinski definition) is 6. The molecule has 3 unspecified atom stereocenters. The van der Waals surface area contributed by atoms with Crippen LogP contribution in [0, 0.1) is 11.3 Å². The van der Waals surface area contributed by atoms with Crippen molar-refractivity contribution in [3.63, 3.8) is 0 Å². The first-order chi connectivity index (χ1) is 13.1. The lowest BCUT2D eigenvalue weighted by Crippen LogP contribution is -2.49. The van der Waals surface area contributed by atoms with Crippen molar-refractivity contribution in [2.75, 3.05) is 6.61 Å². The van der Waals surface area contributed by atoms with Crippen LogP contribution in [0.2, 0.25) is 0 Å². The molecule has 0 amide bonds. The lowest BCUT2D eigenvalue weighted by atomic mass is 9.83. The maximum Gasteiger partial charge on any atom is 0.403 e. The molecular weight excluding hydrogens is 428 g/mol. The summed E-state index contributed by atoms with van der Waals surface area (Å²) in [6.07, 6.45) is -0.651. The van der Waals surface area contributed by atoms with Gasteiger partial charge in [-0.2, -0.15) is 18.4 Å². The summed E-state index contributed by atoms with van der Waals surface area (Å²) >= 11 is 0. The topological polar surface area (TPSA) is 45.5 Å². The van der Waals surface area contributed by atoms with Crippen molar-refractivity contribution < 1.29 is 22.2 Å². The first kappa shape index (κ1) is 24.6. The average Bonchev–Trinajstić information content (AvgIpc) is 2.93. The molecule has 0 aromatic heterocycles. The van der Waals surface area contributed by atoms with Crippen LogP contribution in [-0.4, -0.2) is 45.6 Å². The zero-order valence-corrected chi connectivity index (χ0v) is 19.4. The molecule has 162 valence electrons. The fraction of sp³-hybridized carbons (Fsp3) is 0.944. The Hall–Kier alpha value is 0.290. The van der Waals surface area contributed by atoms with Gasteiger partial charge in [0.1, 0.15) is 11.4 Å². The minimum Gasteiger partial charge on any atom is -0.321 e. The van der Waals surface area contributed by atoms with Crippen molar-refractivity contribution in [2.45, 2.75) is 101 Å². The number of alkyl halides is 3. The third kappa shape index (κ3) is 5.92. The highest BCUT2D eigenvalue weighted by Gasteiger charge is 2.61. The highest BCUT2D eigenvalue weighted by molar-refractivity contribution is 8.78.